The van der Waals surface area contributed by atoms with E-state index < -0.39 is 11.7 Å². The molecule has 106 valence electrons. The number of benzene rings is 1. The van der Waals surface area contributed by atoms with E-state index >= 15 is 0 Å². The predicted molar refractivity (Wildman–Crippen MR) is 70.2 cm³/mol. The Balaban J connectivity index is 2.13. The highest BCUT2D eigenvalue weighted by molar-refractivity contribution is 9.10. The Hall–Kier alpha value is -0.750. The summed E-state index contributed by atoms with van der Waals surface area (Å²) in [5.41, 5.74) is -0.679. The smallest absolute Gasteiger partial charge is 0.416 e. The molecule has 19 heavy (non-hydrogen) atoms. The van der Waals surface area contributed by atoms with Crippen LogP contribution < -0.4 is 10.1 Å². The van der Waals surface area contributed by atoms with Gasteiger partial charge in [-0.2, -0.15) is 13.2 Å². The normalized spacial score (nSPS) is 24.3. The standard InChI is InChI=1S/C13H15BrF3NO/c1-8-4-5-18-7-12(8)19-11-3-2-9(6-10(11)14)13(15,16)17/h2-3,6,8,12,18H,4-5,7H2,1H3. The third-order valence-electron chi connectivity index (χ3n) is 3.29. The van der Waals surface area contributed by atoms with Gasteiger partial charge in [0.2, 0.25) is 0 Å². The molecule has 1 aromatic rings. The van der Waals surface area contributed by atoms with Crippen molar-refractivity contribution in [3.05, 3.63) is 28.2 Å². The Labute approximate surface area is 118 Å². The maximum Gasteiger partial charge on any atom is 0.416 e. The molecule has 0 amide bonds. The van der Waals surface area contributed by atoms with E-state index in [4.69, 9.17) is 4.74 Å². The minimum absolute atomic E-state index is 0.0122. The molecular weight excluding hydrogens is 323 g/mol. The van der Waals surface area contributed by atoms with Crippen LogP contribution in [0.1, 0.15) is 18.9 Å². The minimum Gasteiger partial charge on any atom is -0.488 e. The van der Waals surface area contributed by atoms with Gasteiger partial charge in [0.1, 0.15) is 11.9 Å². The van der Waals surface area contributed by atoms with E-state index in [1.807, 2.05) is 0 Å². The number of piperidine rings is 1. The second-order valence-electron chi connectivity index (χ2n) is 4.77. The van der Waals surface area contributed by atoms with E-state index in [1.165, 1.54) is 6.07 Å². The molecule has 0 radical (unpaired) electrons. The summed E-state index contributed by atoms with van der Waals surface area (Å²) in [5, 5.41) is 3.22. The van der Waals surface area contributed by atoms with Crippen LogP contribution in [-0.4, -0.2) is 19.2 Å². The lowest BCUT2D eigenvalue weighted by atomic mass is 9.97. The van der Waals surface area contributed by atoms with Gasteiger partial charge in [-0.1, -0.05) is 6.92 Å². The molecule has 2 atom stereocenters. The van der Waals surface area contributed by atoms with Gasteiger partial charge in [0, 0.05) is 6.54 Å². The van der Waals surface area contributed by atoms with Crippen LogP contribution in [0, 0.1) is 5.92 Å². The first kappa shape index (κ1) is 14.7. The molecule has 0 saturated carbocycles. The first-order valence-corrected chi connectivity index (χ1v) is 6.91. The van der Waals surface area contributed by atoms with Crippen molar-refractivity contribution < 1.29 is 17.9 Å². The molecule has 0 spiro atoms. The minimum atomic E-state index is -4.33. The fraction of sp³-hybridized carbons (Fsp3) is 0.538. The van der Waals surface area contributed by atoms with Gasteiger partial charge in [-0.15, -0.1) is 0 Å². The molecule has 2 unspecified atom stereocenters. The zero-order valence-electron chi connectivity index (χ0n) is 10.4. The van der Waals surface area contributed by atoms with Crippen molar-refractivity contribution in [3.63, 3.8) is 0 Å². The molecule has 1 heterocycles. The quantitative estimate of drug-likeness (QED) is 0.885. The van der Waals surface area contributed by atoms with Gasteiger partial charge in [0.05, 0.1) is 10.0 Å². The van der Waals surface area contributed by atoms with Crippen LogP contribution in [0.3, 0.4) is 0 Å². The zero-order valence-corrected chi connectivity index (χ0v) is 12.0. The molecule has 1 N–H and O–H groups in total. The highest BCUT2D eigenvalue weighted by Crippen LogP contribution is 2.35. The van der Waals surface area contributed by atoms with Gasteiger partial charge in [-0.25, -0.2) is 0 Å². The van der Waals surface area contributed by atoms with Crippen LogP contribution in [0.15, 0.2) is 22.7 Å². The monoisotopic (exact) mass is 337 g/mol. The van der Waals surface area contributed by atoms with Crippen molar-refractivity contribution in [3.8, 4) is 5.75 Å². The molecule has 0 bridgehead atoms. The van der Waals surface area contributed by atoms with Gasteiger partial charge in [0.15, 0.2) is 0 Å². The second kappa shape index (κ2) is 5.71. The van der Waals surface area contributed by atoms with Crippen LogP contribution in [0.5, 0.6) is 5.75 Å². The average Bonchev–Trinajstić information content (AvgIpc) is 2.33. The van der Waals surface area contributed by atoms with Crippen LogP contribution in [0.2, 0.25) is 0 Å². The third kappa shape index (κ3) is 3.63. The van der Waals surface area contributed by atoms with Crippen LogP contribution in [0.4, 0.5) is 13.2 Å². The Morgan fingerprint density at radius 1 is 1.37 bits per heavy atom. The predicted octanol–water partition coefficient (Wildman–Crippen LogP) is 3.84. The van der Waals surface area contributed by atoms with Crippen LogP contribution in [-0.2, 0) is 6.18 Å². The molecule has 0 aromatic heterocycles. The van der Waals surface area contributed by atoms with Gasteiger partial charge in [0.25, 0.3) is 0 Å². The number of ether oxygens (including phenoxy) is 1. The zero-order chi connectivity index (χ0) is 14.0. The number of nitrogens with one attached hydrogen (secondary N) is 1. The first-order valence-electron chi connectivity index (χ1n) is 6.12. The molecule has 0 aliphatic carbocycles. The largest absolute Gasteiger partial charge is 0.488 e. The lowest BCUT2D eigenvalue weighted by Crippen LogP contribution is -2.42. The van der Waals surface area contributed by atoms with E-state index in [2.05, 4.69) is 28.2 Å². The highest BCUT2D eigenvalue weighted by Gasteiger charge is 2.31. The number of hydrogen-bond donors (Lipinski definition) is 1. The Morgan fingerprint density at radius 2 is 2.11 bits per heavy atom. The van der Waals surface area contributed by atoms with Crippen molar-refractivity contribution >= 4 is 15.9 Å². The van der Waals surface area contributed by atoms with Crippen molar-refractivity contribution in [1.29, 1.82) is 0 Å². The summed E-state index contributed by atoms with van der Waals surface area (Å²) in [7, 11) is 0. The topological polar surface area (TPSA) is 21.3 Å². The van der Waals surface area contributed by atoms with Crippen molar-refractivity contribution in [2.75, 3.05) is 13.1 Å². The summed E-state index contributed by atoms with van der Waals surface area (Å²) in [6.07, 6.45) is -3.34. The molecule has 6 heteroatoms. The number of hydrogen-bond acceptors (Lipinski definition) is 2. The molecule has 2 rings (SSSR count). The molecule has 1 fully saturated rings. The lowest BCUT2D eigenvalue weighted by molar-refractivity contribution is -0.137. The van der Waals surface area contributed by atoms with E-state index in [-0.39, 0.29) is 6.10 Å². The summed E-state index contributed by atoms with van der Waals surface area (Å²) in [6.45, 7) is 3.76. The van der Waals surface area contributed by atoms with Crippen molar-refractivity contribution in [2.24, 2.45) is 5.92 Å². The fourth-order valence-corrected chi connectivity index (χ4v) is 2.53. The van der Waals surface area contributed by atoms with E-state index in [1.54, 1.807) is 0 Å². The lowest BCUT2D eigenvalue weighted by Gasteiger charge is -2.30. The van der Waals surface area contributed by atoms with E-state index in [9.17, 15) is 13.2 Å². The van der Waals surface area contributed by atoms with Gasteiger partial charge in [-0.3, -0.25) is 0 Å². The Kier molecular flexibility index (Phi) is 4.40. The summed E-state index contributed by atoms with van der Waals surface area (Å²) in [4.78, 5) is 0. The highest BCUT2D eigenvalue weighted by atomic mass is 79.9. The molecule has 1 aromatic carbocycles. The number of rotatable bonds is 2. The maximum atomic E-state index is 12.5. The third-order valence-corrected chi connectivity index (χ3v) is 3.91. The molecule has 1 aliphatic heterocycles. The summed E-state index contributed by atoms with van der Waals surface area (Å²) < 4.78 is 43.8. The summed E-state index contributed by atoms with van der Waals surface area (Å²) >= 11 is 3.14. The van der Waals surface area contributed by atoms with Gasteiger partial charge < -0.3 is 10.1 Å². The summed E-state index contributed by atoms with van der Waals surface area (Å²) in [5.74, 6) is 0.837. The second-order valence-corrected chi connectivity index (χ2v) is 5.62. The van der Waals surface area contributed by atoms with Gasteiger partial charge >= 0.3 is 6.18 Å². The first-order chi connectivity index (χ1) is 8.88. The Morgan fingerprint density at radius 3 is 2.68 bits per heavy atom. The molecule has 2 nitrogen and oxygen atoms in total. The Bertz CT molecular complexity index is 450. The van der Waals surface area contributed by atoms with E-state index in [0.29, 0.717) is 22.7 Å². The fourth-order valence-electron chi connectivity index (χ4n) is 2.05. The summed E-state index contributed by atoms with van der Waals surface area (Å²) in [6, 6.07) is 3.46. The number of alkyl halides is 3. The van der Waals surface area contributed by atoms with Crippen molar-refractivity contribution in [2.45, 2.75) is 25.6 Å². The molecule has 1 aliphatic rings. The van der Waals surface area contributed by atoms with Crippen LogP contribution in [0.25, 0.3) is 0 Å². The molecule has 1 saturated heterocycles. The number of halogens is 4. The average molecular weight is 338 g/mol. The van der Waals surface area contributed by atoms with Crippen LogP contribution >= 0.6 is 15.9 Å². The molecular formula is C13H15BrF3NO. The van der Waals surface area contributed by atoms with Crippen molar-refractivity contribution in [1.82, 2.24) is 5.32 Å². The SMILES string of the molecule is CC1CCNCC1Oc1ccc(C(F)(F)F)cc1Br. The van der Waals surface area contributed by atoms with E-state index in [0.717, 1.165) is 25.1 Å². The van der Waals surface area contributed by atoms with Gasteiger partial charge in [-0.05, 0) is 53.0 Å². The maximum absolute atomic E-state index is 12.5.